The molecule has 0 radical (unpaired) electrons. The van der Waals surface area contributed by atoms with Crippen LogP contribution in [0.3, 0.4) is 0 Å². The molecule has 15 heavy (non-hydrogen) atoms. The fourth-order valence-electron chi connectivity index (χ4n) is 2.56. The fraction of sp³-hybridized carbons (Fsp3) is 1.00. The lowest BCUT2D eigenvalue weighted by Crippen LogP contribution is -2.37. The van der Waals surface area contributed by atoms with Gasteiger partial charge in [-0.15, -0.1) is 0 Å². The summed E-state index contributed by atoms with van der Waals surface area (Å²) in [7, 11) is 1.78. The normalized spacial score (nSPS) is 29.0. The maximum atomic E-state index is 5.15. The third-order valence-electron chi connectivity index (χ3n) is 3.57. The molecular formula is C13H27NO. The molecule has 0 amide bonds. The zero-order valence-electron chi connectivity index (χ0n) is 10.6. The third-order valence-corrected chi connectivity index (χ3v) is 3.57. The van der Waals surface area contributed by atoms with Crippen LogP contribution in [0.4, 0.5) is 0 Å². The first-order chi connectivity index (χ1) is 7.26. The summed E-state index contributed by atoms with van der Waals surface area (Å²) in [6.45, 7) is 6.54. The molecule has 2 heteroatoms. The molecule has 0 heterocycles. The second kappa shape index (κ2) is 7.24. The Morgan fingerprint density at radius 3 is 2.87 bits per heavy atom. The highest BCUT2D eigenvalue weighted by Gasteiger charge is 2.20. The van der Waals surface area contributed by atoms with Gasteiger partial charge in [-0.1, -0.05) is 33.1 Å². The van der Waals surface area contributed by atoms with E-state index in [1.807, 2.05) is 0 Å². The van der Waals surface area contributed by atoms with Gasteiger partial charge in [0.25, 0.3) is 0 Å². The molecule has 1 aliphatic carbocycles. The van der Waals surface area contributed by atoms with Gasteiger partial charge < -0.3 is 10.1 Å². The molecule has 0 bridgehead atoms. The zero-order chi connectivity index (χ0) is 11.1. The minimum atomic E-state index is 0.636. The molecule has 1 fully saturated rings. The van der Waals surface area contributed by atoms with Crippen molar-refractivity contribution >= 4 is 0 Å². The number of ether oxygens (including phenoxy) is 1. The van der Waals surface area contributed by atoms with Crippen LogP contribution in [-0.4, -0.2) is 26.3 Å². The van der Waals surface area contributed by atoms with E-state index < -0.39 is 0 Å². The van der Waals surface area contributed by atoms with Gasteiger partial charge in [0.15, 0.2) is 0 Å². The number of methoxy groups -OCH3 is 1. The minimum Gasteiger partial charge on any atom is -0.384 e. The Labute approximate surface area is 94.8 Å². The van der Waals surface area contributed by atoms with Gasteiger partial charge in [0.05, 0.1) is 0 Å². The molecule has 1 saturated carbocycles. The first-order valence-corrected chi connectivity index (χ1v) is 6.48. The molecular weight excluding hydrogens is 186 g/mol. The van der Waals surface area contributed by atoms with E-state index >= 15 is 0 Å². The average Bonchev–Trinajstić information content (AvgIpc) is 2.27. The zero-order valence-corrected chi connectivity index (χ0v) is 10.6. The summed E-state index contributed by atoms with van der Waals surface area (Å²) < 4.78 is 5.15. The molecule has 0 aromatic rings. The van der Waals surface area contributed by atoms with E-state index in [1.54, 1.807) is 7.11 Å². The smallest absolute Gasteiger partial charge is 0.0499 e. The Morgan fingerprint density at radius 2 is 2.20 bits per heavy atom. The van der Waals surface area contributed by atoms with Gasteiger partial charge in [0, 0.05) is 26.3 Å². The van der Waals surface area contributed by atoms with Crippen molar-refractivity contribution in [3.8, 4) is 0 Å². The maximum absolute atomic E-state index is 5.15. The topological polar surface area (TPSA) is 21.3 Å². The lowest BCUT2D eigenvalue weighted by molar-refractivity contribution is 0.153. The molecule has 1 rings (SSSR count). The van der Waals surface area contributed by atoms with Crippen LogP contribution in [0.2, 0.25) is 0 Å². The van der Waals surface area contributed by atoms with Crippen LogP contribution in [0.1, 0.15) is 46.0 Å². The molecule has 1 aliphatic rings. The Kier molecular flexibility index (Phi) is 6.26. The Morgan fingerprint density at radius 1 is 1.40 bits per heavy atom. The summed E-state index contributed by atoms with van der Waals surface area (Å²) in [6, 6.07) is 0.767. The standard InChI is InChI=1S/C13H27NO/c1-4-12-6-5-7-13(8-12)14-9-11(2)10-15-3/h11-14H,4-10H2,1-3H3. The van der Waals surface area contributed by atoms with Crippen molar-refractivity contribution in [2.45, 2.75) is 52.0 Å². The molecule has 3 unspecified atom stereocenters. The van der Waals surface area contributed by atoms with Crippen molar-refractivity contribution in [3.63, 3.8) is 0 Å². The van der Waals surface area contributed by atoms with Gasteiger partial charge in [-0.05, 0) is 24.7 Å². The second-order valence-electron chi connectivity index (χ2n) is 5.11. The van der Waals surface area contributed by atoms with E-state index in [0.717, 1.165) is 25.1 Å². The van der Waals surface area contributed by atoms with E-state index in [0.29, 0.717) is 5.92 Å². The molecule has 0 spiro atoms. The van der Waals surface area contributed by atoms with Crippen LogP contribution in [0, 0.1) is 11.8 Å². The summed E-state index contributed by atoms with van der Waals surface area (Å²) >= 11 is 0. The summed E-state index contributed by atoms with van der Waals surface area (Å²) in [5, 5.41) is 3.69. The Balaban J connectivity index is 2.14. The predicted molar refractivity (Wildman–Crippen MR) is 65.1 cm³/mol. The van der Waals surface area contributed by atoms with Gasteiger partial charge in [0.2, 0.25) is 0 Å². The van der Waals surface area contributed by atoms with Crippen molar-refractivity contribution in [1.82, 2.24) is 5.32 Å². The maximum Gasteiger partial charge on any atom is 0.0499 e. The molecule has 0 aliphatic heterocycles. The van der Waals surface area contributed by atoms with E-state index in [9.17, 15) is 0 Å². The van der Waals surface area contributed by atoms with Crippen LogP contribution in [0.25, 0.3) is 0 Å². The minimum absolute atomic E-state index is 0.636. The van der Waals surface area contributed by atoms with Crippen molar-refractivity contribution in [2.75, 3.05) is 20.3 Å². The van der Waals surface area contributed by atoms with E-state index in [1.165, 1.54) is 32.1 Å². The average molecular weight is 213 g/mol. The lowest BCUT2D eigenvalue weighted by atomic mass is 9.84. The van der Waals surface area contributed by atoms with E-state index in [-0.39, 0.29) is 0 Å². The Hall–Kier alpha value is -0.0800. The molecule has 2 nitrogen and oxygen atoms in total. The summed E-state index contributed by atoms with van der Waals surface area (Å²) in [4.78, 5) is 0. The van der Waals surface area contributed by atoms with Gasteiger partial charge in [0.1, 0.15) is 0 Å². The van der Waals surface area contributed by atoms with Crippen molar-refractivity contribution < 1.29 is 4.74 Å². The van der Waals surface area contributed by atoms with E-state index in [2.05, 4.69) is 19.2 Å². The van der Waals surface area contributed by atoms with Gasteiger partial charge in [-0.3, -0.25) is 0 Å². The number of hydrogen-bond acceptors (Lipinski definition) is 2. The van der Waals surface area contributed by atoms with E-state index in [4.69, 9.17) is 4.74 Å². The number of hydrogen-bond donors (Lipinski definition) is 1. The van der Waals surface area contributed by atoms with Crippen molar-refractivity contribution in [1.29, 1.82) is 0 Å². The highest BCUT2D eigenvalue weighted by atomic mass is 16.5. The molecule has 3 atom stereocenters. The van der Waals surface area contributed by atoms with Gasteiger partial charge in [-0.2, -0.15) is 0 Å². The SMILES string of the molecule is CCC1CCCC(NCC(C)COC)C1. The van der Waals surface area contributed by atoms with Crippen LogP contribution in [0.5, 0.6) is 0 Å². The number of rotatable bonds is 6. The molecule has 1 N–H and O–H groups in total. The highest BCUT2D eigenvalue weighted by molar-refractivity contribution is 4.77. The highest BCUT2D eigenvalue weighted by Crippen LogP contribution is 2.26. The first kappa shape index (κ1) is 13.0. The van der Waals surface area contributed by atoms with Crippen LogP contribution in [-0.2, 0) is 4.74 Å². The summed E-state index contributed by atoms with van der Waals surface area (Å²) in [5.41, 5.74) is 0. The first-order valence-electron chi connectivity index (χ1n) is 6.48. The second-order valence-corrected chi connectivity index (χ2v) is 5.11. The van der Waals surface area contributed by atoms with Gasteiger partial charge in [-0.25, -0.2) is 0 Å². The van der Waals surface area contributed by atoms with Crippen LogP contribution >= 0.6 is 0 Å². The largest absolute Gasteiger partial charge is 0.384 e. The van der Waals surface area contributed by atoms with Gasteiger partial charge >= 0.3 is 0 Å². The molecule has 90 valence electrons. The number of nitrogens with one attached hydrogen (secondary N) is 1. The van der Waals surface area contributed by atoms with Crippen molar-refractivity contribution in [3.05, 3.63) is 0 Å². The summed E-state index contributed by atoms with van der Waals surface area (Å²) in [5.74, 6) is 1.60. The third kappa shape index (κ3) is 4.98. The van der Waals surface area contributed by atoms with Crippen molar-refractivity contribution in [2.24, 2.45) is 11.8 Å². The summed E-state index contributed by atoms with van der Waals surface area (Å²) in [6.07, 6.45) is 6.97. The monoisotopic (exact) mass is 213 g/mol. The predicted octanol–water partition coefficient (Wildman–Crippen LogP) is 2.83. The van der Waals surface area contributed by atoms with Crippen LogP contribution in [0.15, 0.2) is 0 Å². The Bertz CT molecular complexity index is 161. The quantitative estimate of drug-likeness (QED) is 0.732. The molecule has 0 aromatic heterocycles. The lowest BCUT2D eigenvalue weighted by Gasteiger charge is -2.30. The molecule has 0 saturated heterocycles. The van der Waals surface area contributed by atoms with Crippen LogP contribution < -0.4 is 5.32 Å². The fourth-order valence-corrected chi connectivity index (χ4v) is 2.56. The molecule has 0 aromatic carbocycles.